The lowest BCUT2D eigenvalue weighted by Crippen LogP contribution is -2.27. The molecule has 0 radical (unpaired) electrons. The van der Waals surface area contributed by atoms with Crippen LogP contribution in [0.5, 0.6) is 0 Å². The van der Waals surface area contributed by atoms with Gasteiger partial charge in [0.05, 0.1) is 5.75 Å². The zero-order valence-electron chi connectivity index (χ0n) is 14.6. The lowest BCUT2D eigenvalue weighted by Gasteiger charge is -2.07. The summed E-state index contributed by atoms with van der Waals surface area (Å²) in [7, 11) is 0. The van der Waals surface area contributed by atoms with Gasteiger partial charge in [-0.15, -0.1) is 16.8 Å². The second-order valence-electron chi connectivity index (χ2n) is 5.68. The number of rotatable bonds is 9. The Kier molecular flexibility index (Phi) is 6.89. The quantitative estimate of drug-likeness (QED) is 0.398. The fourth-order valence-corrected chi connectivity index (χ4v) is 3.56. The van der Waals surface area contributed by atoms with Crippen molar-refractivity contribution >= 4 is 33.6 Å². The van der Waals surface area contributed by atoms with Crippen LogP contribution in [-0.4, -0.2) is 33.0 Å². The van der Waals surface area contributed by atoms with Gasteiger partial charge in [0.15, 0.2) is 15.6 Å². The van der Waals surface area contributed by atoms with Crippen molar-refractivity contribution in [2.75, 3.05) is 12.3 Å². The van der Waals surface area contributed by atoms with Crippen molar-refractivity contribution in [2.45, 2.75) is 18.1 Å². The van der Waals surface area contributed by atoms with E-state index in [0.29, 0.717) is 34.5 Å². The van der Waals surface area contributed by atoms with Crippen molar-refractivity contribution < 1.29 is 9.21 Å². The van der Waals surface area contributed by atoms with E-state index in [-0.39, 0.29) is 11.7 Å². The van der Waals surface area contributed by atoms with Crippen LogP contribution in [0.1, 0.15) is 5.56 Å². The molecule has 0 fully saturated rings. The molecule has 140 valence electrons. The second kappa shape index (κ2) is 9.57. The van der Waals surface area contributed by atoms with Crippen LogP contribution in [0.15, 0.2) is 69.4 Å². The van der Waals surface area contributed by atoms with Crippen molar-refractivity contribution in [3.8, 4) is 11.6 Å². The third kappa shape index (κ3) is 5.33. The highest BCUT2D eigenvalue weighted by Crippen LogP contribution is 2.27. The second-order valence-corrected chi connectivity index (χ2v) is 7.41. The molecule has 0 aliphatic rings. The first-order valence-electron chi connectivity index (χ1n) is 8.40. The Labute approximate surface area is 170 Å². The van der Waals surface area contributed by atoms with Crippen LogP contribution in [0, 0.1) is 0 Å². The molecule has 0 unspecified atom stereocenters. The zero-order chi connectivity index (χ0) is 19.1. The van der Waals surface area contributed by atoms with Gasteiger partial charge in [0.2, 0.25) is 11.7 Å². The van der Waals surface area contributed by atoms with Crippen LogP contribution in [0.2, 0.25) is 0 Å². The first-order chi connectivity index (χ1) is 13.2. The SMILES string of the molecule is C=CCn1c(SCC(=O)NCCc2ccccc2)nnc1-c1ccc(Br)o1. The largest absolute Gasteiger partial charge is 0.446 e. The number of furan rings is 1. The lowest BCUT2D eigenvalue weighted by atomic mass is 10.1. The van der Waals surface area contributed by atoms with Crippen LogP contribution in [0.25, 0.3) is 11.6 Å². The molecule has 6 nitrogen and oxygen atoms in total. The van der Waals surface area contributed by atoms with Gasteiger partial charge >= 0.3 is 0 Å². The normalized spacial score (nSPS) is 10.7. The number of nitrogens with zero attached hydrogens (tertiary/aromatic N) is 3. The molecule has 0 saturated heterocycles. The monoisotopic (exact) mass is 446 g/mol. The van der Waals surface area contributed by atoms with Gasteiger partial charge in [-0.3, -0.25) is 9.36 Å². The van der Waals surface area contributed by atoms with Gasteiger partial charge in [-0.05, 0) is 40.0 Å². The van der Waals surface area contributed by atoms with E-state index in [0.717, 1.165) is 6.42 Å². The third-order valence-electron chi connectivity index (χ3n) is 3.73. The number of thioether (sulfide) groups is 1. The highest BCUT2D eigenvalue weighted by Gasteiger charge is 2.17. The maximum atomic E-state index is 12.1. The van der Waals surface area contributed by atoms with Gasteiger partial charge in [-0.25, -0.2) is 0 Å². The molecule has 0 saturated carbocycles. The van der Waals surface area contributed by atoms with Crippen molar-refractivity contribution in [2.24, 2.45) is 0 Å². The maximum Gasteiger partial charge on any atom is 0.230 e. The van der Waals surface area contributed by atoms with Gasteiger partial charge in [0, 0.05) is 13.1 Å². The van der Waals surface area contributed by atoms with Gasteiger partial charge in [0.1, 0.15) is 0 Å². The highest BCUT2D eigenvalue weighted by atomic mass is 79.9. The van der Waals surface area contributed by atoms with E-state index in [1.165, 1.54) is 17.3 Å². The minimum atomic E-state index is -0.0358. The summed E-state index contributed by atoms with van der Waals surface area (Å²) in [4.78, 5) is 12.1. The predicted octanol–water partition coefficient (Wildman–Crippen LogP) is 3.94. The van der Waals surface area contributed by atoms with Crippen LogP contribution < -0.4 is 5.32 Å². The molecule has 0 atom stereocenters. The van der Waals surface area contributed by atoms with E-state index in [4.69, 9.17) is 4.42 Å². The van der Waals surface area contributed by atoms with Gasteiger partial charge in [0.25, 0.3) is 0 Å². The Morgan fingerprint density at radius 1 is 1.26 bits per heavy atom. The fraction of sp³-hybridized carbons (Fsp3) is 0.211. The van der Waals surface area contributed by atoms with Gasteiger partial charge < -0.3 is 9.73 Å². The number of allylic oxidation sites excluding steroid dienone is 1. The molecule has 0 spiro atoms. The van der Waals surface area contributed by atoms with E-state index in [1.54, 1.807) is 12.1 Å². The summed E-state index contributed by atoms with van der Waals surface area (Å²) in [5, 5.41) is 12.0. The Bertz CT molecular complexity index is 908. The van der Waals surface area contributed by atoms with Crippen molar-refractivity contribution in [1.29, 1.82) is 0 Å². The third-order valence-corrected chi connectivity index (χ3v) is 5.13. The summed E-state index contributed by atoms with van der Waals surface area (Å²) >= 11 is 4.63. The molecule has 1 aromatic carbocycles. The van der Waals surface area contributed by atoms with Crippen LogP contribution in [0.4, 0.5) is 0 Å². The van der Waals surface area contributed by atoms with E-state index in [9.17, 15) is 4.79 Å². The average molecular weight is 447 g/mol. The first-order valence-corrected chi connectivity index (χ1v) is 10.2. The molecule has 3 rings (SSSR count). The highest BCUT2D eigenvalue weighted by molar-refractivity contribution is 9.10. The number of carbonyl (C=O) groups excluding carboxylic acids is 1. The minimum absolute atomic E-state index is 0.0358. The molecular formula is C19H19BrN4O2S. The van der Waals surface area contributed by atoms with Crippen LogP contribution >= 0.6 is 27.7 Å². The summed E-state index contributed by atoms with van der Waals surface area (Å²) in [6.45, 7) is 4.91. The molecule has 2 aromatic heterocycles. The molecular weight excluding hydrogens is 428 g/mol. The summed E-state index contributed by atoms with van der Waals surface area (Å²) < 4.78 is 8.06. The Morgan fingerprint density at radius 2 is 2.07 bits per heavy atom. The number of amides is 1. The molecule has 1 amide bonds. The van der Waals surface area contributed by atoms with Crippen molar-refractivity contribution in [1.82, 2.24) is 20.1 Å². The summed E-state index contributed by atoms with van der Waals surface area (Å²) in [6, 6.07) is 13.7. The molecule has 3 aromatic rings. The number of nitrogens with one attached hydrogen (secondary N) is 1. The van der Waals surface area contributed by atoms with E-state index in [2.05, 4.69) is 38.0 Å². The Balaban J connectivity index is 1.56. The van der Waals surface area contributed by atoms with Crippen LogP contribution in [-0.2, 0) is 17.8 Å². The molecule has 0 bridgehead atoms. The lowest BCUT2D eigenvalue weighted by molar-refractivity contribution is -0.118. The van der Waals surface area contributed by atoms with E-state index < -0.39 is 0 Å². The number of hydrogen-bond donors (Lipinski definition) is 1. The summed E-state index contributed by atoms with van der Waals surface area (Å²) in [5.41, 5.74) is 1.20. The van der Waals surface area contributed by atoms with E-state index in [1.807, 2.05) is 41.0 Å². The molecule has 2 heterocycles. The molecule has 0 aliphatic heterocycles. The summed E-state index contributed by atoms with van der Waals surface area (Å²) in [5.74, 6) is 1.45. The van der Waals surface area contributed by atoms with Crippen LogP contribution in [0.3, 0.4) is 0 Å². The number of hydrogen-bond acceptors (Lipinski definition) is 5. The molecule has 0 aliphatic carbocycles. The zero-order valence-corrected chi connectivity index (χ0v) is 17.0. The van der Waals surface area contributed by atoms with Crippen molar-refractivity contribution in [3.05, 3.63) is 65.4 Å². The topological polar surface area (TPSA) is 73.0 Å². The molecule has 8 heteroatoms. The number of carbonyl (C=O) groups is 1. The average Bonchev–Trinajstić information content (AvgIpc) is 3.27. The fourth-order valence-electron chi connectivity index (χ4n) is 2.48. The molecule has 27 heavy (non-hydrogen) atoms. The number of aromatic nitrogens is 3. The first kappa shape index (κ1) is 19.4. The van der Waals surface area contributed by atoms with Crippen molar-refractivity contribution in [3.63, 3.8) is 0 Å². The minimum Gasteiger partial charge on any atom is -0.446 e. The number of halogens is 1. The molecule has 1 N–H and O–H groups in total. The summed E-state index contributed by atoms with van der Waals surface area (Å²) in [6.07, 6.45) is 2.57. The van der Waals surface area contributed by atoms with Gasteiger partial charge in [-0.2, -0.15) is 0 Å². The number of benzene rings is 1. The smallest absolute Gasteiger partial charge is 0.230 e. The van der Waals surface area contributed by atoms with Gasteiger partial charge in [-0.1, -0.05) is 48.2 Å². The standard InChI is InChI=1S/C19H19BrN4O2S/c1-2-12-24-18(15-8-9-16(20)26-15)22-23-19(24)27-13-17(25)21-11-10-14-6-4-3-5-7-14/h2-9H,1,10-13H2,(H,21,25). The Morgan fingerprint density at radius 3 is 2.78 bits per heavy atom. The predicted molar refractivity (Wildman–Crippen MR) is 110 cm³/mol. The maximum absolute atomic E-state index is 12.1. The Hall–Kier alpha value is -2.32. The van der Waals surface area contributed by atoms with E-state index >= 15 is 0 Å².